The molecule has 0 bridgehead atoms. The van der Waals surface area contributed by atoms with Crippen molar-refractivity contribution in [3.8, 4) is 0 Å². The molecule has 1 amide bonds. The number of nitrogens with zero attached hydrogens (tertiary/aromatic N) is 1. The first-order chi connectivity index (χ1) is 8.98. The van der Waals surface area contributed by atoms with Crippen LogP contribution < -0.4 is 10.5 Å². The molecular formula is C15H18N2OSi. The first-order valence-electron chi connectivity index (χ1n) is 6.29. The van der Waals surface area contributed by atoms with Crippen LogP contribution in [0.5, 0.6) is 0 Å². The minimum atomic E-state index is -1.53. The zero-order valence-corrected chi connectivity index (χ0v) is 12.5. The molecule has 3 nitrogen and oxygen atoms in total. The number of benzene rings is 1. The van der Waals surface area contributed by atoms with Crippen molar-refractivity contribution >= 4 is 24.9 Å². The van der Waals surface area contributed by atoms with Gasteiger partial charge in [0.05, 0.1) is 20.0 Å². The first-order valence-corrected chi connectivity index (χ1v) is 9.79. The fraction of sp³-hybridized carbons (Fsp3) is 0.200. The van der Waals surface area contributed by atoms with Crippen molar-refractivity contribution < 1.29 is 4.79 Å². The Kier molecular flexibility index (Phi) is 3.81. The van der Waals surface area contributed by atoms with Gasteiger partial charge in [0.2, 0.25) is 0 Å². The Balaban J connectivity index is 2.30. The predicted octanol–water partition coefficient (Wildman–Crippen LogP) is 2.88. The Labute approximate surface area is 114 Å². The van der Waals surface area contributed by atoms with Crippen LogP contribution >= 0.6 is 0 Å². The fourth-order valence-corrected chi connectivity index (χ4v) is 3.57. The number of carbonyl (C=O) groups excluding carboxylic acids is 1. The quantitative estimate of drug-likeness (QED) is 0.871. The zero-order valence-electron chi connectivity index (χ0n) is 11.5. The number of hydrogen-bond donors (Lipinski definition) is 1. The van der Waals surface area contributed by atoms with E-state index < -0.39 is 8.07 Å². The Morgan fingerprint density at radius 1 is 1.11 bits per heavy atom. The van der Waals surface area contributed by atoms with Crippen molar-refractivity contribution in [1.29, 1.82) is 0 Å². The highest BCUT2D eigenvalue weighted by Gasteiger charge is 2.22. The summed E-state index contributed by atoms with van der Waals surface area (Å²) in [5.74, 6) is -0.0639. The Morgan fingerprint density at radius 2 is 1.84 bits per heavy atom. The number of carbonyl (C=O) groups is 1. The summed E-state index contributed by atoms with van der Waals surface area (Å²) < 4.78 is 0. The maximum atomic E-state index is 12.4. The molecule has 0 aliphatic heterocycles. The van der Waals surface area contributed by atoms with Gasteiger partial charge in [-0.25, -0.2) is 0 Å². The van der Waals surface area contributed by atoms with Gasteiger partial charge in [-0.3, -0.25) is 9.78 Å². The van der Waals surface area contributed by atoms with E-state index in [0.717, 1.165) is 11.3 Å². The van der Waals surface area contributed by atoms with Gasteiger partial charge in [-0.2, -0.15) is 0 Å². The van der Waals surface area contributed by atoms with E-state index in [1.54, 1.807) is 18.5 Å². The van der Waals surface area contributed by atoms with E-state index in [9.17, 15) is 4.79 Å². The standard InChI is InChI=1S/C15H18N2OSi/c1-19(2,3)14-9-5-4-8-13(14)15(18)17-12-7-6-10-16-11-12/h4-11H,1-3H3,(H,17,18). The Hall–Kier alpha value is -1.94. The lowest BCUT2D eigenvalue weighted by molar-refractivity contribution is 0.102. The van der Waals surface area contributed by atoms with Crippen molar-refractivity contribution in [3.63, 3.8) is 0 Å². The summed E-state index contributed by atoms with van der Waals surface area (Å²) in [4.78, 5) is 16.4. The van der Waals surface area contributed by atoms with E-state index in [1.165, 1.54) is 5.19 Å². The molecule has 0 aliphatic carbocycles. The summed E-state index contributed by atoms with van der Waals surface area (Å²) in [6.07, 6.45) is 3.33. The van der Waals surface area contributed by atoms with Gasteiger partial charge >= 0.3 is 0 Å². The molecule has 2 rings (SSSR count). The van der Waals surface area contributed by atoms with Crippen molar-refractivity contribution in [2.24, 2.45) is 0 Å². The second-order valence-electron chi connectivity index (χ2n) is 5.49. The van der Waals surface area contributed by atoms with Crippen molar-refractivity contribution in [1.82, 2.24) is 4.98 Å². The summed E-state index contributed by atoms with van der Waals surface area (Å²) >= 11 is 0. The smallest absolute Gasteiger partial charge is 0.255 e. The number of pyridine rings is 1. The third-order valence-corrected chi connectivity index (χ3v) is 4.95. The Bertz CT molecular complexity index is 576. The highest BCUT2D eigenvalue weighted by molar-refractivity contribution is 6.89. The highest BCUT2D eigenvalue weighted by atomic mass is 28.3. The molecular weight excluding hydrogens is 252 g/mol. The maximum absolute atomic E-state index is 12.4. The summed E-state index contributed by atoms with van der Waals surface area (Å²) in [6.45, 7) is 6.72. The molecule has 0 aliphatic rings. The second-order valence-corrected chi connectivity index (χ2v) is 10.5. The van der Waals surface area contributed by atoms with Crippen LogP contribution in [0.3, 0.4) is 0 Å². The lowest BCUT2D eigenvalue weighted by Gasteiger charge is -2.20. The molecule has 0 saturated carbocycles. The largest absolute Gasteiger partial charge is 0.321 e. The average Bonchev–Trinajstić information content (AvgIpc) is 2.39. The van der Waals surface area contributed by atoms with Crippen LogP contribution in [0.25, 0.3) is 0 Å². The molecule has 2 aromatic rings. The molecule has 0 spiro atoms. The van der Waals surface area contributed by atoms with Gasteiger partial charge < -0.3 is 5.32 Å². The lowest BCUT2D eigenvalue weighted by atomic mass is 10.2. The molecule has 0 atom stereocenters. The third-order valence-electron chi connectivity index (χ3n) is 2.90. The van der Waals surface area contributed by atoms with E-state index in [4.69, 9.17) is 0 Å². The van der Waals surface area contributed by atoms with Crippen LogP contribution in [0.4, 0.5) is 5.69 Å². The molecule has 1 heterocycles. The molecule has 19 heavy (non-hydrogen) atoms. The predicted molar refractivity (Wildman–Crippen MR) is 81.6 cm³/mol. The van der Waals surface area contributed by atoms with Gasteiger partial charge in [-0.1, -0.05) is 37.8 Å². The van der Waals surface area contributed by atoms with Gasteiger partial charge in [0.25, 0.3) is 5.91 Å². The van der Waals surface area contributed by atoms with E-state index in [1.807, 2.05) is 24.3 Å². The minimum absolute atomic E-state index is 0.0639. The van der Waals surface area contributed by atoms with E-state index in [0.29, 0.717) is 0 Å². The van der Waals surface area contributed by atoms with Crippen molar-refractivity contribution in [3.05, 3.63) is 54.4 Å². The number of hydrogen-bond acceptors (Lipinski definition) is 2. The normalized spacial score (nSPS) is 11.1. The van der Waals surface area contributed by atoms with Gasteiger partial charge in [0.15, 0.2) is 0 Å². The molecule has 0 unspecified atom stereocenters. The first kappa shape index (κ1) is 13.5. The zero-order chi connectivity index (χ0) is 13.9. The van der Waals surface area contributed by atoms with Gasteiger partial charge in [0, 0.05) is 11.8 Å². The van der Waals surface area contributed by atoms with E-state index in [-0.39, 0.29) is 5.91 Å². The van der Waals surface area contributed by atoms with E-state index >= 15 is 0 Å². The number of anilines is 1. The summed E-state index contributed by atoms with van der Waals surface area (Å²) in [6, 6.07) is 11.5. The summed E-state index contributed by atoms with van der Waals surface area (Å²) in [5.41, 5.74) is 1.49. The monoisotopic (exact) mass is 270 g/mol. The molecule has 4 heteroatoms. The number of nitrogens with one attached hydrogen (secondary N) is 1. The summed E-state index contributed by atoms with van der Waals surface area (Å²) in [7, 11) is -1.53. The molecule has 1 aromatic heterocycles. The van der Waals surface area contributed by atoms with Gasteiger partial charge in [-0.15, -0.1) is 0 Å². The van der Waals surface area contributed by atoms with Crippen LogP contribution in [0.2, 0.25) is 19.6 Å². The third kappa shape index (κ3) is 3.29. The molecule has 0 fully saturated rings. The van der Waals surface area contributed by atoms with Crippen LogP contribution in [0.15, 0.2) is 48.8 Å². The molecule has 1 N–H and O–H groups in total. The van der Waals surface area contributed by atoms with E-state index in [2.05, 4.69) is 36.0 Å². The molecule has 98 valence electrons. The molecule has 0 saturated heterocycles. The maximum Gasteiger partial charge on any atom is 0.255 e. The highest BCUT2D eigenvalue weighted by Crippen LogP contribution is 2.10. The van der Waals surface area contributed by atoms with Crippen molar-refractivity contribution in [2.45, 2.75) is 19.6 Å². The van der Waals surface area contributed by atoms with Gasteiger partial charge in [-0.05, 0) is 23.4 Å². The minimum Gasteiger partial charge on any atom is -0.321 e. The Morgan fingerprint density at radius 3 is 2.47 bits per heavy atom. The molecule has 0 radical (unpaired) electrons. The topological polar surface area (TPSA) is 42.0 Å². The molecule has 1 aromatic carbocycles. The number of aromatic nitrogens is 1. The summed E-state index contributed by atoms with van der Waals surface area (Å²) in [5, 5.41) is 4.07. The van der Waals surface area contributed by atoms with Crippen LogP contribution in [-0.2, 0) is 0 Å². The number of rotatable bonds is 3. The fourth-order valence-electron chi connectivity index (χ4n) is 1.97. The van der Waals surface area contributed by atoms with Crippen molar-refractivity contribution in [2.75, 3.05) is 5.32 Å². The van der Waals surface area contributed by atoms with Crippen LogP contribution in [0, 0.1) is 0 Å². The average molecular weight is 270 g/mol. The lowest BCUT2D eigenvalue weighted by Crippen LogP contribution is -2.42. The van der Waals surface area contributed by atoms with Crippen LogP contribution in [0.1, 0.15) is 10.4 Å². The van der Waals surface area contributed by atoms with Crippen LogP contribution in [-0.4, -0.2) is 19.0 Å². The number of amides is 1. The van der Waals surface area contributed by atoms with Gasteiger partial charge in [0.1, 0.15) is 0 Å². The second kappa shape index (κ2) is 5.36. The SMILES string of the molecule is C[Si](C)(C)c1ccccc1C(=O)Nc1cccnc1.